The quantitative estimate of drug-likeness (QED) is 0.446. The third kappa shape index (κ3) is 0.520. The molecule has 0 amide bonds. The lowest BCUT2D eigenvalue weighted by Crippen LogP contribution is -2.39. The standard InChI is InChI=1S/C7H9NO3/c9-6-5-3-1-8(6)2-4(3)7(10)11-5/h3-6,9H,1-2H2. The molecular formula is C7H9NO3. The van der Waals surface area contributed by atoms with Crippen LogP contribution in [0.15, 0.2) is 0 Å². The number of aliphatic hydroxyl groups excluding tert-OH is 1. The van der Waals surface area contributed by atoms with Crippen molar-refractivity contribution < 1.29 is 14.6 Å². The van der Waals surface area contributed by atoms with E-state index in [0.717, 1.165) is 6.54 Å². The molecule has 0 aliphatic carbocycles. The maximum atomic E-state index is 11.1. The fraction of sp³-hybridized carbons (Fsp3) is 0.857. The largest absolute Gasteiger partial charge is 0.457 e. The summed E-state index contributed by atoms with van der Waals surface area (Å²) >= 11 is 0. The van der Waals surface area contributed by atoms with Crippen molar-refractivity contribution in [2.45, 2.75) is 12.3 Å². The minimum atomic E-state index is -0.525. The molecule has 3 fully saturated rings. The first kappa shape index (κ1) is 5.97. The van der Waals surface area contributed by atoms with Gasteiger partial charge < -0.3 is 9.84 Å². The van der Waals surface area contributed by atoms with E-state index < -0.39 is 6.23 Å². The summed E-state index contributed by atoms with van der Waals surface area (Å²) in [5.41, 5.74) is 0. The Kier molecular flexibility index (Phi) is 0.863. The van der Waals surface area contributed by atoms with Crippen molar-refractivity contribution in [1.29, 1.82) is 0 Å². The van der Waals surface area contributed by atoms with E-state index in [9.17, 15) is 9.90 Å². The number of aliphatic hydroxyl groups is 1. The number of piperidine rings is 1. The molecule has 0 aromatic rings. The first-order chi connectivity index (χ1) is 5.27. The van der Waals surface area contributed by atoms with Crippen LogP contribution in [0.1, 0.15) is 0 Å². The number of carbonyl (C=O) groups is 1. The van der Waals surface area contributed by atoms with Gasteiger partial charge in [0.05, 0.1) is 5.92 Å². The first-order valence-corrected chi connectivity index (χ1v) is 3.90. The molecule has 11 heavy (non-hydrogen) atoms. The van der Waals surface area contributed by atoms with Crippen LogP contribution in [0.2, 0.25) is 0 Å². The third-order valence-corrected chi connectivity index (χ3v) is 3.04. The molecule has 3 rings (SSSR count). The van der Waals surface area contributed by atoms with Crippen molar-refractivity contribution >= 4 is 5.97 Å². The molecule has 0 radical (unpaired) electrons. The topological polar surface area (TPSA) is 49.8 Å². The van der Waals surface area contributed by atoms with Gasteiger partial charge in [0, 0.05) is 19.0 Å². The van der Waals surface area contributed by atoms with E-state index in [1.54, 1.807) is 0 Å². The number of hydrogen-bond acceptors (Lipinski definition) is 4. The van der Waals surface area contributed by atoms with Gasteiger partial charge in [-0.05, 0) is 0 Å². The molecule has 60 valence electrons. The summed E-state index contributed by atoms with van der Waals surface area (Å²) in [7, 11) is 0. The van der Waals surface area contributed by atoms with Crippen LogP contribution in [-0.4, -0.2) is 41.4 Å². The molecule has 3 aliphatic rings. The van der Waals surface area contributed by atoms with Gasteiger partial charge in [0.2, 0.25) is 0 Å². The minimum Gasteiger partial charge on any atom is -0.457 e. The highest BCUT2D eigenvalue weighted by molar-refractivity contribution is 5.76. The summed E-state index contributed by atoms with van der Waals surface area (Å²) in [5.74, 6) is 0.222. The van der Waals surface area contributed by atoms with E-state index in [1.165, 1.54) is 0 Å². The maximum Gasteiger partial charge on any atom is 0.311 e. The Morgan fingerprint density at radius 1 is 1.55 bits per heavy atom. The Bertz CT molecular complexity index is 230. The van der Waals surface area contributed by atoms with Crippen LogP contribution in [0.5, 0.6) is 0 Å². The van der Waals surface area contributed by atoms with E-state index in [1.807, 2.05) is 4.90 Å². The monoisotopic (exact) mass is 155 g/mol. The van der Waals surface area contributed by atoms with E-state index in [4.69, 9.17) is 4.74 Å². The molecule has 0 spiro atoms. The lowest BCUT2D eigenvalue weighted by molar-refractivity contribution is -0.146. The van der Waals surface area contributed by atoms with Gasteiger partial charge in [-0.2, -0.15) is 0 Å². The predicted molar refractivity (Wildman–Crippen MR) is 34.4 cm³/mol. The van der Waals surface area contributed by atoms with E-state index in [2.05, 4.69) is 0 Å². The third-order valence-electron chi connectivity index (χ3n) is 3.04. The summed E-state index contributed by atoms with van der Waals surface area (Å²) < 4.78 is 5.02. The summed E-state index contributed by atoms with van der Waals surface area (Å²) in [5, 5.41) is 9.47. The summed E-state index contributed by atoms with van der Waals surface area (Å²) in [6.07, 6.45) is -0.746. The molecule has 4 nitrogen and oxygen atoms in total. The Balaban J connectivity index is 2.04. The second kappa shape index (κ2) is 1.59. The summed E-state index contributed by atoms with van der Waals surface area (Å²) in [6, 6.07) is 0. The molecule has 5 atom stereocenters. The molecule has 1 N–H and O–H groups in total. The van der Waals surface area contributed by atoms with Gasteiger partial charge in [0.15, 0.2) is 0 Å². The van der Waals surface area contributed by atoms with Gasteiger partial charge in [0.25, 0.3) is 0 Å². The SMILES string of the molecule is O=C1OC2C3CN(CC13)C2O. The zero-order valence-electron chi connectivity index (χ0n) is 5.93. The van der Waals surface area contributed by atoms with Crippen molar-refractivity contribution in [3.05, 3.63) is 0 Å². The molecule has 0 aromatic carbocycles. The van der Waals surface area contributed by atoms with Gasteiger partial charge in [-0.25, -0.2) is 0 Å². The molecule has 3 aliphatic heterocycles. The number of esters is 1. The van der Waals surface area contributed by atoms with Gasteiger partial charge >= 0.3 is 5.97 Å². The Hall–Kier alpha value is -0.610. The highest BCUT2D eigenvalue weighted by Gasteiger charge is 2.60. The highest BCUT2D eigenvalue weighted by Crippen LogP contribution is 2.44. The molecule has 0 aromatic heterocycles. The number of rotatable bonds is 0. The van der Waals surface area contributed by atoms with Gasteiger partial charge in [-0.1, -0.05) is 0 Å². The summed E-state index contributed by atoms with van der Waals surface area (Å²) in [4.78, 5) is 13.0. The lowest BCUT2D eigenvalue weighted by atomic mass is 9.93. The number of nitrogens with zero attached hydrogens (tertiary/aromatic N) is 1. The van der Waals surface area contributed by atoms with Crippen LogP contribution < -0.4 is 0 Å². The van der Waals surface area contributed by atoms with Crippen LogP contribution in [0, 0.1) is 11.8 Å². The van der Waals surface area contributed by atoms with Crippen molar-refractivity contribution in [3.63, 3.8) is 0 Å². The number of fused-ring (bicyclic) bond motifs is 1. The fourth-order valence-corrected chi connectivity index (χ4v) is 2.46. The molecule has 2 bridgehead atoms. The van der Waals surface area contributed by atoms with E-state index in [0.29, 0.717) is 6.54 Å². The molecule has 3 saturated heterocycles. The Morgan fingerprint density at radius 2 is 2.36 bits per heavy atom. The van der Waals surface area contributed by atoms with Crippen LogP contribution in [0.4, 0.5) is 0 Å². The van der Waals surface area contributed by atoms with Crippen molar-refractivity contribution in [3.8, 4) is 0 Å². The fourth-order valence-electron chi connectivity index (χ4n) is 2.46. The van der Waals surface area contributed by atoms with E-state index >= 15 is 0 Å². The Morgan fingerprint density at radius 3 is 3.00 bits per heavy atom. The smallest absolute Gasteiger partial charge is 0.311 e. The lowest BCUT2D eigenvalue weighted by Gasteiger charge is -2.21. The van der Waals surface area contributed by atoms with Crippen LogP contribution in [0.25, 0.3) is 0 Å². The average molecular weight is 155 g/mol. The van der Waals surface area contributed by atoms with Crippen LogP contribution >= 0.6 is 0 Å². The number of ether oxygens (including phenoxy) is 1. The average Bonchev–Trinajstić information content (AvgIpc) is 2.53. The van der Waals surface area contributed by atoms with Gasteiger partial charge in [-0.3, -0.25) is 9.69 Å². The van der Waals surface area contributed by atoms with Crippen molar-refractivity contribution in [2.75, 3.05) is 13.1 Å². The molecule has 0 saturated carbocycles. The maximum absolute atomic E-state index is 11.1. The zero-order valence-corrected chi connectivity index (χ0v) is 5.93. The highest BCUT2D eigenvalue weighted by atomic mass is 16.6. The van der Waals surface area contributed by atoms with Crippen molar-refractivity contribution in [1.82, 2.24) is 4.90 Å². The summed E-state index contributed by atoms with van der Waals surface area (Å²) in [6.45, 7) is 1.53. The predicted octanol–water partition coefficient (Wildman–Crippen LogP) is -1.21. The molecule has 3 heterocycles. The number of hydrogen-bond donors (Lipinski definition) is 1. The Labute approximate surface area is 63.7 Å². The van der Waals surface area contributed by atoms with Crippen molar-refractivity contribution in [2.24, 2.45) is 11.8 Å². The van der Waals surface area contributed by atoms with Crippen LogP contribution in [0.3, 0.4) is 0 Å². The number of carbonyl (C=O) groups excluding carboxylic acids is 1. The van der Waals surface area contributed by atoms with Crippen LogP contribution in [-0.2, 0) is 9.53 Å². The molecule has 4 heteroatoms. The second-order valence-electron chi connectivity index (χ2n) is 3.54. The van der Waals surface area contributed by atoms with Gasteiger partial charge in [0.1, 0.15) is 12.3 Å². The van der Waals surface area contributed by atoms with Gasteiger partial charge in [-0.15, -0.1) is 0 Å². The molecule has 5 unspecified atom stereocenters. The minimum absolute atomic E-state index is 0.0587. The normalized spacial score (nSPS) is 58.6. The molecular weight excluding hydrogens is 146 g/mol. The first-order valence-electron chi connectivity index (χ1n) is 3.90. The second-order valence-corrected chi connectivity index (χ2v) is 3.54. The van der Waals surface area contributed by atoms with E-state index in [-0.39, 0.29) is 23.9 Å². The zero-order chi connectivity index (χ0) is 7.59.